The first-order valence-electron chi connectivity index (χ1n) is 7.72. The van der Waals surface area contributed by atoms with E-state index in [1.165, 1.54) is 20.5 Å². The average molecular weight is 307 g/mol. The largest absolute Gasteiger partial charge is 0.379 e. The summed E-state index contributed by atoms with van der Waals surface area (Å²) < 4.78 is 12.4. The van der Waals surface area contributed by atoms with Crippen LogP contribution in [0.5, 0.6) is 0 Å². The average Bonchev–Trinajstić information content (AvgIpc) is 2.85. The van der Waals surface area contributed by atoms with Gasteiger partial charge in [-0.1, -0.05) is 25.1 Å². The van der Waals surface area contributed by atoms with Crippen LogP contribution in [0, 0.1) is 0 Å². The van der Waals surface area contributed by atoms with Crippen molar-refractivity contribution in [2.75, 3.05) is 26.4 Å². The predicted octanol–water partition coefficient (Wildman–Crippen LogP) is 3.95. The van der Waals surface area contributed by atoms with Gasteiger partial charge in [0.25, 0.3) is 0 Å². The van der Waals surface area contributed by atoms with Crippen molar-refractivity contribution in [2.24, 2.45) is 0 Å². The molecule has 0 saturated carbocycles. The van der Waals surface area contributed by atoms with Crippen molar-refractivity contribution in [3.8, 4) is 0 Å². The molecular formula is C17H25NO2S. The molecule has 0 bridgehead atoms. The lowest BCUT2D eigenvalue weighted by atomic mass is 10.1. The van der Waals surface area contributed by atoms with Gasteiger partial charge >= 0.3 is 0 Å². The zero-order valence-electron chi connectivity index (χ0n) is 13.0. The summed E-state index contributed by atoms with van der Waals surface area (Å²) in [5.74, 6) is 0. The van der Waals surface area contributed by atoms with E-state index in [1.807, 2.05) is 18.3 Å². The highest BCUT2D eigenvalue weighted by Gasteiger charge is 2.11. The molecule has 0 spiro atoms. The van der Waals surface area contributed by atoms with Gasteiger partial charge in [0, 0.05) is 28.3 Å². The van der Waals surface area contributed by atoms with Crippen LogP contribution in [0.4, 0.5) is 0 Å². The van der Waals surface area contributed by atoms with Crippen LogP contribution in [-0.2, 0) is 22.6 Å². The SMILES string of the molecule is CCCNCc1sc2ccccc2c1COCCOCC. The van der Waals surface area contributed by atoms with Crippen LogP contribution in [0.3, 0.4) is 0 Å². The molecule has 1 heterocycles. The highest BCUT2D eigenvalue weighted by atomic mass is 32.1. The zero-order chi connectivity index (χ0) is 14.9. The normalized spacial score (nSPS) is 11.3. The maximum absolute atomic E-state index is 5.79. The molecule has 1 N–H and O–H groups in total. The van der Waals surface area contributed by atoms with E-state index in [2.05, 4.69) is 36.5 Å². The van der Waals surface area contributed by atoms with Gasteiger partial charge in [-0.05, 0) is 31.3 Å². The van der Waals surface area contributed by atoms with Gasteiger partial charge in [0.15, 0.2) is 0 Å². The van der Waals surface area contributed by atoms with E-state index in [-0.39, 0.29) is 0 Å². The minimum Gasteiger partial charge on any atom is -0.379 e. The zero-order valence-corrected chi connectivity index (χ0v) is 13.8. The summed E-state index contributed by atoms with van der Waals surface area (Å²) in [4.78, 5) is 1.39. The van der Waals surface area contributed by atoms with Crippen molar-refractivity contribution in [2.45, 2.75) is 33.4 Å². The summed E-state index contributed by atoms with van der Waals surface area (Å²) in [5, 5.41) is 4.82. The number of fused-ring (bicyclic) bond motifs is 1. The fourth-order valence-corrected chi connectivity index (χ4v) is 3.45. The first kappa shape index (κ1) is 16.4. The Balaban J connectivity index is 2.04. The van der Waals surface area contributed by atoms with E-state index in [0.717, 1.165) is 26.1 Å². The van der Waals surface area contributed by atoms with Crippen LogP contribution in [-0.4, -0.2) is 26.4 Å². The van der Waals surface area contributed by atoms with Crippen molar-refractivity contribution < 1.29 is 9.47 Å². The maximum Gasteiger partial charge on any atom is 0.0735 e. The Bertz CT molecular complexity index is 539. The Kier molecular flexibility index (Phi) is 7.16. The molecule has 0 radical (unpaired) electrons. The summed E-state index contributed by atoms with van der Waals surface area (Å²) in [5.41, 5.74) is 1.33. The van der Waals surface area contributed by atoms with E-state index in [4.69, 9.17) is 9.47 Å². The minimum atomic E-state index is 0.653. The Morgan fingerprint density at radius 2 is 1.90 bits per heavy atom. The summed E-state index contributed by atoms with van der Waals surface area (Å²) in [6.45, 7) is 8.91. The van der Waals surface area contributed by atoms with Crippen LogP contribution in [0.15, 0.2) is 24.3 Å². The van der Waals surface area contributed by atoms with Crippen molar-refractivity contribution in [1.82, 2.24) is 5.32 Å². The summed E-state index contributed by atoms with van der Waals surface area (Å²) in [6, 6.07) is 8.58. The van der Waals surface area contributed by atoms with E-state index in [9.17, 15) is 0 Å². The van der Waals surface area contributed by atoms with Crippen LogP contribution in [0.1, 0.15) is 30.7 Å². The molecular weight excluding hydrogens is 282 g/mol. The second-order valence-corrected chi connectivity index (χ2v) is 6.06. The second kappa shape index (κ2) is 9.15. The molecule has 1 aromatic heterocycles. The van der Waals surface area contributed by atoms with Gasteiger partial charge < -0.3 is 14.8 Å². The third-order valence-electron chi connectivity index (χ3n) is 3.32. The van der Waals surface area contributed by atoms with E-state index < -0.39 is 0 Å². The lowest BCUT2D eigenvalue weighted by molar-refractivity contribution is 0.0455. The lowest BCUT2D eigenvalue weighted by Crippen LogP contribution is -2.14. The number of nitrogens with one attached hydrogen (secondary N) is 1. The second-order valence-electron chi connectivity index (χ2n) is 4.93. The molecule has 0 saturated heterocycles. The Hall–Kier alpha value is -0.940. The standard InChI is InChI=1S/C17H25NO2S/c1-3-9-18-12-17-15(13-20-11-10-19-4-2)14-7-5-6-8-16(14)21-17/h5-8,18H,3-4,9-13H2,1-2H3. The molecule has 0 aliphatic carbocycles. The Morgan fingerprint density at radius 1 is 1.10 bits per heavy atom. The van der Waals surface area contributed by atoms with Gasteiger partial charge in [-0.3, -0.25) is 0 Å². The van der Waals surface area contributed by atoms with Crippen molar-refractivity contribution in [3.63, 3.8) is 0 Å². The molecule has 0 aliphatic rings. The van der Waals surface area contributed by atoms with Crippen LogP contribution in [0.2, 0.25) is 0 Å². The molecule has 116 valence electrons. The van der Waals surface area contributed by atoms with Crippen molar-refractivity contribution in [1.29, 1.82) is 0 Å². The van der Waals surface area contributed by atoms with Gasteiger partial charge in [0.1, 0.15) is 0 Å². The molecule has 0 aliphatic heterocycles. The van der Waals surface area contributed by atoms with E-state index in [0.29, 0.717) is 19.8 Å². The smallest absolute Gasteiger partial charge is 0.0735 e. The molecule has 21 heavy (non-hydrogen) atoms. The van der Waals surface area contributed by atoms with Crippen LogP contribution < -0.4 is 5.32 Å². The molecule has 1 aromatic carbocycles. The number of thiophene rings is 1. The lowest BCUT2D eigenvalue weighted by Gasteiger charge is -2.07. The Morgan fingerprint density at radius 3 is 2.71 bits per heavy atom. The van der Waals surface area contributed by atoms with E-state index >= 15 is 0 Å². The minimum absolute atomic E-state index is 0.653. The first-order valence-corrected chi connectivity index (χ1v) is 8.54. The van der Waals surface area contributed by atoms with Gasteiger partial charge in [-0.15, -0.1) is 11.3 Å². The highest BCUT2D eigenvalue weighted by Crippen LogP contribution is 2.31. The third-order valence-corrected chi connectivity index (χ3v) is 4.53. The number of benzene rings is 1. The van der Waals surface area contributed by atoms with Gasteiger partial charge in [-0.2, -0.15) is 0 Å². The van der Waals surface area contributed by atoms with Gasteiger partial charge in [0.05, 0.1) is 19.8 Å². The first-order chi connectivity index (χ1) is 10.4. The van der Waals surface area contributed by atoms with Crippen molar-refractivity contribution >= 4 is 21.4 Å². The Labute approximate surface area is 131 Å². The monoisotopic (exact) mass is 307 g/mol. The molecule has 4 heteroatoms. The molecule has 0 atom stereocenters. The van der Waals surface area contributed by atoms with Crippen LogP contribution in [0.25, 0.3) is 10.1 Å². The topological polar surface area (TPSA) is 30.5 Å². The third kappa shape index (κ3) is 4.78. The van der Waals surface area contributed by atoms with Gasteiger partial charge in [-0.25, -0.2) is 0 Å². The number of ether oxygens (including phenoxy) is 2. The molecule has 2 aromatic rings. The van der Waals surface area contributed by atoms with E-state index in [1.54, 1.807) is 0 Å². The number of rotatable bonds is 10. The number of hydrogen-bond acceptors (Lipinski definition) is 4. The summed E-state index contributed by atoms with van der Waals surface area (Å²) in [7, 11) is 0. The fourth-order valence-electron chi connectivity index (χ4n) is 2.27. The highest BCUT2D eigenvalue weighted by molar-refractivity contribution is 7.19. The van der Waals surface area contributed by atoms with Gasteiger partial charge in [0.2, 0.25) is 0 Å². The van der Waals surface area contributed by atoms with Crippen LogP contribution >= 0.6 is 11.3 Å². The molecule has 0 fully saturated rings. The molecule has 3 nitrogen and oxygen atoms in total. The van der Waals surface area contributed by atoms with Crippen molar-refractivity contribution in [3.05, 3.63) is 34.7 Å². The maximum atomic E-state index is 5.79. The quantitative estimate of drug-likeness (QED) is 0.674. The summed E-state index contributed by atoms with van der Waals surface area (Å²) in [6.07, 6.45) is 1.16. The molecule has 0 amide bonds. The predicted molar refractivity (Wildman–Crippen MR) is 90.0 cm³/mol. The fraction of sp³-hybridized carbons (Fsp3) is 0.529. The molecule has 0 unspecified atom stereocenters. The summed E-state index contributed by atoms with van der Waals surface area (Å²) >= 11 is 1.87. The molecule has 2 rings (SSSR count). The number of hydrogen-bond donors (Lipinski definition) is 1.